The van der Waals surface area contributed by atoms with Gasteiger partial charge in [0.1, 0.15) is 23.1 Å². The molecule has 2 heterocycles. The number of amides is 1. The normalized spacial score (nSPS) is 13.9. The van der Waals surface area contributed by atoms with Gasteiger partial charge in [0.05, 0.1) is 12.8 Å². The maximum Gasteiger partial charge on any atom is 0.272 e. The van der Waals surface area contributed by atoms with Crippen LogP contribution in [0.15, 0.2) is 24.3 Å². The van der Waals surface area contributed by atoms with E-state index in [1.54, 1.807) is 38.3 Å². The van der Waals surface area contributed by atoms with Gasteiger partial charge in [0, 0.05) is 24.2 Å². The Morgan fingerprint density at radius 1 is 1.25 bits per heavy atom. The Morgan fingerprint density at radius 2 is 2.00 bits per heavy atom. The second kappa shape index (κ2) is 7.05. The summed E-state index contributed by atoms with van der Waals surface area (Å²) in [5.41, 5.74) is 1.08. The second-order valence-electron chi connectivity index (χ2n) is 5.65. The van der Waals surface area contributed by atoms with Crippen LogP contribution in [0.2, 0.25) is 5.02 Å². The topological polar surface area (TPSA) is 67.3 Å². The van der Waals surface area contributed by atoms with Crippen molar-refractivity contribution in [3.63, 3.8) is 0 Å². The van der Waals surface area contributed by atoms with Crippen LogP contribution in [-0.2, 0) is 0 Å². The highest BCUT2D eigenvalue weighted by Crippen LogP contribution is 2.30. The predicted octanol–water partition coefficient (Wildman–Crippen LogP) is 3.43. The van der Waals surface area contributed by atoms with E-state index in [-0.39, 0.29) is 5.91 Å². The summed E-state index contributed by atoms with van der Waals surface area (Å²) in [6, 6.07) is 6.93. The van der Waals surface area contributed by atoms with Gasteiger partial charge < -0.3 is 15.0 Å². The van der Waals surface area contributed by atoms with Crippen molar-refractivity contribution >= 4 is 29.0 Å². The van der Waals surface area contributed by atoms with E-state index in [0.717, 1.165) is 25.9 Å². The highest BCUT2D eigenvalue weighted by Gasteiger charge is 2.21. The monoisotopic (exact) mass is 346 g/mol. The number of methoxy groups -OCH3 is 1. The Labute approximate surface area is 145 Å². The third kappa shape index (κ3) is 3.59. The van der Waals surface area contributed by atoms with Gasteiger partial charge in [0.2, 0.25) is 0 Å². The molecule has 0 saturated carbocycles. The van der Waals surface area contributed by atoms with E-state index in [0.29, 0.717) is 33.8 Å². The molecule has 1 aromatic heterocycles. The fourth-order valence-electron chi connectivity index (χ4n) is 2.74. The van der Waals surface area contributed by atoms with Crippen molar-refractivity contribution in [3.8, 4) is 5.75 Å². The fourth-order valence-corrected chi connectivity index (χ4v) is 2.91. The number of benzene rings is 1. The Morgan fingerprint density at radius 3 is 2.71 bits per heavy atom. The van der Waals surface area contributed by atoms with Crippen LogP contribution in [0.1, 0.15) is 29.2 Å². The highest BCUT2D eigenvalue weighted by molar-refractivity contribution is 6.31. The number of rotatable bonds is 4. The van der Waals surface area contributed by atoms with Crippen molar-refractivity contribution in [1.82, 2.24) is 14.9 Å². The van der Waals surface area contributed by atoms with Crippen LogP contribution in [0.3, 0.4) is 0 Å². The number of hydrogen-bond acceptors (Lipinski definition) is 5. The Balaban J connectivity index is 1.89. The number of carbonyl (C=O) groups excluding carboxylic acids is 1. The summed E-state index contributed by atoms with van der Waals surface area (Å²) in [5, 5.41) is 3.74. The third-order valence-electron chi connectivity index (χ3n) is 3.87. The zero-order valence-electron chi connectivity index (χ0n) is 13.7. The molecule has 0 spiro atoms. The minimum absolute atomic E-state index is 0.0564. The van der Waals surface area contributed by atoms with E-state index in [1.165, 1.54) is 0 Å². The molecule has 1 amide bonds. The van der Waals surface area contributed by atoms with E-state index in [9.17, 15) is 4.79 Å². The van der Waals surface area contributed by atoms with Gasteiger partial charge in [-0.15, -0.1) is 0 Å². The first-order valence-electron chi connectivity index (χ1n) is 7.82. The number of aryl methyl sites for hydroxylation is 1. The fraction of sp³-hybridized carbons (Fsp3) is 0.353. The number of anilines is 2. The van der Waals surface area contributed by atoms with Crippen molar-refractivity contribution in [2.75, 3.05) is 25.5 Å². The summed E-state index contributed by atoms with van der Waals surface area (Å²) in [6.45, 7) is 3.33. The van der Waals surface area contributed by atoms with E-state index in [4.69, 9.17) is 16.3 Å². The zero-order valence-corrected chi connectivity index (χ0v) is 14.4. The minimum atomic E-state index is -0.0564. The van der Waals surface area contributed by atoms with Crippen LogP contribution in [0.4, 0.5) is 11.5 Å². The molecule has 6 nitrogen and oxygen atoms in total. The van der Waals surface area contributed by atoms with Gasteiger partial charge in [-0.25, -0.2) is 9.97 Å². The van der Waals surface area contributed by atoms with Crippen LogP contribution in [-0.4, -0.2) is 41.0 Å². The quantitative estimate of drug-likeness (QED) is 0.918. The van der Waals surface area contributed by atoms with Crippen LogP contribution in [0.25, 0.3) is 0 Å². The molecule has 0 atom stereocenters. The Kier molecular flexibility index (Phi) is 4.85. The number of carbonyl (C=O) groups is 1. The second-order valence-corrected chi connectivity index (χ2v) is 6.09. The highest BCUT2D eigenvalue weighted by atomic mass is 35.5. The molecule has 3 rings (SSSR count). The summed E-state index contributed by atoms with van der Waals surface area (Å²) in [5.74, 6) is 1.65. The summed E-state index contributed by atoms with van der Waals surface area (Å²) in [6.07, 6.45) is 2.08. The van der Waals surface area contributed by atoms with Crippen molar-refractivity contribution in [2.24, 2.45) is 0 Å². The molecule has 0 aliphatic carbocycles. The van der Waals surface area contributed by atoms with Gasteiger partial charge >= 0.3 is 0 Å². The summed E-state index contributed by atoms with van der Waals surface area (Å²) in [7, 11) is 1.59. The van der Waals surface area contributed by atoms with E-state index < -0.39 is 0 Å². The maximum atomic E-state index is 12.5. The van der Waals surface area contributed by atoms with E-state index in [1.807, 2.05) is 4.90 Å². The number of aromatic nitrogens is 2. The Bertz CT molecular complexity index is 760. The standard InChI is InChI=1S/C17H19ClN4O2/c1-11-19-14(17(23)22-7-3-4-8-22)10-16(20-11)21-13-9-12(18)5-6-15(13)24-2/h5-6,9-10H,3-4,7-8H2,1-2H3,(H,19,20,21). The molecule has 1 fully saturated rings. The van der Waals surface area contributed by atoms with Crippen LogP contribution in [0.5, 0.6) is 5.75 Å². The molecule has 0 bridgehead atoms. The average Bonchev–Trinajstić information content (AvgIpc) is 3.08. The third-order valence-corrected chi connectivity index (χ3v) is 4.11. The predicted molar refractivity (Wildman–Crippen MR) is 93.2 cm³/mol. The molecule has 1 aliphatic heterocycles. The first kappa shape index (κ1) is 16.5. The molecular weight excluding hydrogens is 328 g/mol. The number of hydrogen-bond donors (Lipinski definition) is 1. The molecule has 1 N–H and O–H groups in total. The lowest BCUT2D eigenvalue weighted by Crippen LogP contribution is -2.28. The molecule has 7 heteroatoms. The molecule has 24 heavy (non-hydrogen) atoms. The van der Waals surface area contributed by atoms with Crippen molar-refractivity contribution in [2.45, 2.75) is 19.8 Å². The number of nitrogens with zero attached hydrogens (tertiary/aromatic N) is 3. The lowest BCUT2D eigenvalue weighted by molar-refractivity contribution is 0.0786. The molecule has 2 aromatic rings. The number of nitrogens with one attached hydrogen (secondary N) is 1. The van der Waals surface area contributed by atoms with Gasteiger partial charge in [-0.2, -0.15) is 0 Å². The lowest BCUT2D eigenvalue weighted by Gasteiger charge is -2.16. The molecule has 126 valence electrons. The first-order valence-corrected chi connectivity index (χ1v) is 8.20. The van der Waals surface area contributed by atoms with Crippen molar-refractivity contribution < 1.29 is 9.53 Å². The Hall–Kier alpha value is -2.34. The largest absolute Gasteiger partial charge is 0.495 e. The summed E-state index contributed by atoms with van der Waals surface area (Å²) in [4.78, 5) is 23.0. The SMILES string of the molecule is COc1ccc(Cl)cc1Nc1cc(C(=O)N2CCCC2)nc(C)n1. The number of halogens is 1. The van der Waals surface area contributed by atoms with Gasteiger partial charge in [-0.05, 0) is 38.0 Å². The van der Waals surface area contributed by atoms with Gasteiger partial charge in [-0.3, -0.25) is 4.79 Å². The van der Waals surface area contributed by atoms with Crippen LogP contribution in [0, 0.1) is 6.92 Å². The molecule has 0 radical (unpaired) electrons. The lowest BCUT2D eigenvalue weighted by atomic mass is 10.2. The molecule has 1 aliphatic rings. The maximum absolute atomic E-state index is 12.5. The van der Waals surface area contributed by atoms with Crippen LogP contribution < -0.4 is 10.1 Å². The molecule has 0 unspecified atom stereocenters. The van der Waals surface area contributed by atoms with Gasteiger partial charge in [-0.1, -0.05) is 11.6 Å². The molecule has 1 aromatic carbocycles. The summed E-state index contributed by atoms with van der Waals surface area (Å²) >= 11 is 6.05. The first-order chi connectivity index (χ1) is 11.6. The minimum Gasteiger partial charge on any atom is -0.495 e. The van der Waals surface area contributed by atoms with E-state index in [2.05, 4.69) is 15.3 Å². The van der Waals surface area contributed by atoms with Gasteiger partial charge in [0.25, 0.3) is 5.91 Å². The number of likely N-dealkylation sites (tertiary alicyclic amines) is 1. The summed E-state index contributed by atoms with van der Waals surface area (Å²) < 4.78 is 5.32. The van der Waals surface area contributed by atoms with Crippen molar-refractivity contribution in [3.05, 3.63) is 40.8 Å². The van der Waals surface area contributed by atoms with Gasteiger partial charge in [0.15, 0.2) is 0 Å². The molecular formula is C17H19ClN4O2. The zero-order chi connectivity index (χ0) is 17.1. The van der Waals surface area contributed by atoms with E-state index >= 15 is 0 Å². The number of ether oxygens (including phenoxy) is 1. The average molecular weight is 347 g/mol. The van der Waals surface area contributed by atoms with Crippen LogP contribution >= 0.6 is 11.6 Å². The molecule has 1 saturated heterocycles. The smallest absolute Gasteiger partial charge is 0.272 e. The van der Waals surface area contributed by atoms with Crippen molar-refractivity contribution in [1.29, 1.82) is 0 Å².